The van der Waals surface area contributed by atoms with Crippen molar-refractivity contribution in [2.24, 2.45) is 4.99 Å². The average Bonchev–Trinajstić information content (AvgIpc) is 3.15. The van der Waals surface area contributed by atoms with E-state index in [4.69, 9.17) is 4.99 Å². The van der Waals surface area contributed by atoms with E-state index in [1.54, 1.807) is 6.07 Å². The van der Waals surface area contributed by atoms with E-state index in [9.17, 15) is 5.11 Å². The van der Waals surface area contributed by atoms with Crippen LogP contribution >= 0.6 is 15.9 Å². The SMILES string of the molecule is C=c1ccc2c(c1-c1ccc(Br)[se]1)[Si](C)(c1ccccc1)c1cc(O)ccc1N=2. The molecule has 5 heteroatoms. The van der Waals surface area contributed by atoms with Gasteiger partial charge >= 0.3 is 185 Å². The van der Waals surface area contributed by atoms with E-state index >= 15 is 0 Å². The topological polar surface area (TPSA) is 32.6 Å². The van der Waals surface area contributed by atoms with Crippen LogP contribution in [-0.2, 0) is 0 Å². The molecule has 0 radical (unpaired) electrons. The quantitative estimate of drug-likeness (QED) is 0.403. The first-order valence-electron chi connectivity index (χ1n) is 9.34. The zero-order chi connectivity index (χ0) is 20.2. The van der Waals surface area contributed by atoms with Crippen molar-refractivity contribution in [3.8, 4) is 15.8 Å². The number of hydrogen-bond donors (Lipinski definition) is 1. The molecule has 2 heterocycles. The number of aromatic hydroxyl groups is 1. The molecule has 1 aliphatic heterocycles. The Bertz CT molecular complexity index is 1370. The molecule has 5 rings (SSSR count). The van der Waals surface area contributed by atoms with Gasteiger partial charge in [0.2, 0.25) is 0 Å². The first kappa shape index (κ1) is 18.8. The molecule has 1 N–H and O–H groups in total. The number of fused-ring (bicyclic) bond motifs is 2. The number of rotatable bonds is 2. The standard InChI is InChI=1S/C24H18BrNOSeSi/c1-15-8-10-19-24(23(15)20-12-13-22(25)28-20)29(2,17-6-4-3-5-7-17)21-14-16(27)9-11-18(21)26-19/h3-14,27H,1H2,2H3. The van der Waals surface area contributed by atoms with Gasteiger partial charge in [-0.1, -0.05) is 0 Å². The van der Waals surface area contributed by atoms with Crippen molar-refractivity contribution < 1.29 is 5.11 Å². The van der Waals surface area contributed by atoms with Crippen molar-refractivity contribution in [1.29, 1.82) is 0 Å². The predicted molar refractivity (Wildman–Crippen MR) is 128 cm³/mol. The molecular formula is C24H18BrNOSeSi. The summed E-state index contributed by atoms with van der Waals surface area (Å²) < 4.78 is 2.57. The van der Waals surface area contributed by atoms with E-state index in [2.05, 4.69) is 83.7 Å². The molecule has 1 aliphatic rings. The molecule has 0 amide bonds. The van der Waals surface area contributed by atoms with Crippen LogP contribution in [0, 0.1) is 0 Å². The number of phenolic OH excluding ortho intramolecular Hbond substituents is 1. The molecule has 2 nitrogen and oxygen atoms in total. The van der Waals surface area contributed by atoms with Crippen LogP contribution in [0.5, 0.6) is 5.75 Å². The van der Waals surface area contributed by atoms with Crippen LogP contribution in [0.4, 0.5) is 5.69 Å². The first-order chi connectivity index (χ1) is 14.0. The van der Waals surface area contributed by atoms with Crippen molar-refractivity contribution >= 4 is 66.3 Å². The Morgan fingerprint density at radius 1 is 1.00 bits per heavy atom. The minimum absolute atomic E-state index is 0.229. The van der Waals surface area contributed by atoms with Crippen molar-refractivity contribution in [1.82, 2.24) is 0 Å². The molecule has 4 aromatic rings. The van der Waals surface area contributed by atoms with Gasteiger partial charge in [-0.05, 0) is 0 Å². The maximum absolute atomic E-state index is 10.3. The molecule has 0 saturated carbocycles. The van der Waals surface area contributed by atoms with Crippen LogP contribution in [0.15, 0.2) is 81.1 Å². The van der Waals surface area contributed by atoms with Crippen molar-refractivity contribution in [3.63, 3.8) is 0 Å². The summed E-state index contributed by atoms with van der Waals surface area (Å²) in [6, 6.07) is 24.9. The van der Waals surface area contributed by atoms with E-state index in [1.807, 2.05) is 12.1 Å². The van der Waals surface area contributed by atoms with Crippen LogP contribution in [0.2, 0.25) is 6.55 Å². The van der Waals surface area contributed by atoms with Gasteiger partial charge < -0.3 is 0 Å². The summed E-state index contributed by atoms with van der Waals surface area (Å²) in [6.45, 7) is 6.77. The van der Waals surface area contributed by atoms with Gasteiger partial charge in [-0.25, -0.2) is 0 Å². The third-order valence-electron chi connectivity index (χ3n) is 5.70. The maximum atomic E-state index is 10.3. The molecule has 142 valence electrons. The van der Waals surface area contributed by atoms with Gasteiger partial charge in [0.05, 0.1) is 0 Å². The van der Waals surface area contributed by atoms with Gasteiger partial charge in [0, 0.05) is 0 Å². The zero-order valence-corrected chi connectivity index (χ0v) is 20.1. The molecule has 1 unspecified atom stereocenters. The summed E-state index contributed by atoms with van der Waals surface area (Å²) in [4.78, 5) is 5.01. The van der Waals surface area contributed by atoms with Gasteiger partial charge in [0.25, 0.3) is 0 Å². The number of hydrogen-bond acceptors (Lipinski definition) is 2. The Morgan fingerprint density at radius 3 is 2.52 bits per heavy atom. The van der Waals surface area contributed by atoms with Gasteiger partial charge in [-0.15, -0.1) is 0 Å². The average molecular weight is 523 g/mol. The van der Waals surface area contributed by atoms with Gasteiger partial charge in [-0.2, -0.15) is 0 Å². The van der Waals surface area contributed by atoms with E-state index in [0.717, 1.165) is 21.4 Å². The van der Waals surface area contributed by atoms with Gasteiger partial charge in [0.15, 0.2) is 0 Å². The van der Waals surface area contributed by atoms with E-state index in [0.29, 0.717) is 0 Å². The number of phenols is 1. The van der Waals surface area contributed by atoms with Crippen molar-refractivity contribution in [3.05, 3.63) is 86.7 Å². The number of nitrogens with zero attached hydrogens (tertiary/aromatic N) is 1. The summed E-state index contributed by atoms with van der Waals surface area (Å²) in [5, 5.41) is 16.2. The molecule has 0 saturated heterocycles. The summed E-state index contributed by atoms with van der Waals surface area (Å²) in [5.41, 5.74) is 2.20. The molecule has 0 aliphatic carbocycles. The Balaban J connectivity index is 1.98. The molecule has 1 aromatic heterocycles. The fourth-order valence-corrected chi connectivity index (χ4v) is 11.5. The summed E-state index contributed by atoms with van der Waals surface area (Å²) in [5.74, 6) is 0.290. The van der Waals surface area contributed by atoms with Crippen LogP contribution in [-0.4, -0.2) is 27.7 Å². The first-order valence-corrected chi connectivity index (χ1v) is 14.3. The molecule has 1 atom stereocenters. The van der Waals surface area contributed by atoms with Gasteiger partial charge in [0.1, 0.15) is 0 Å². The normalized spacial score (nSPS) is 17.3. The number of halogens is 1. The molecule has 3 aromatic carbocycles. The molecule has 0 bridgehead atoms. The fourth-order valence-electron chi connectivity index (χ4n) is 4.32. The third-order valence-corrected chi connectivity index (χ3v) is 13.1. The van der Waals surface area contributed by atoms with E-state index < -0.39 is 8.07 Å². The Labute approximate surface area is 184 Å². The summed E-state index contributed by atoms with van der Waals surface area (Å²) >= 11 is 3.91. The van der Waals surface area contributed by atoms with Crippen molar-refractivity contribution in [2.45, 2.75) is 6.55 Å². The van der Waals surface area contributed by atoms with E-state index in [1.165, 1.54) is 23.7 Å². The molecular weight excluding hydrogens is 505 g/mol. The second-order valence-electron chi connectivity index (χ2n) is 7.40. The third kappa shape index (κ3) is 2.92. The second kappa shape index (κ2) is 6.96. The Morgan fingerprint density at radius 2 is 1.79 bits per heavy atom. The van der Waals surface area contributed by atoms with Crippen LogP contribution < -0.4 is 26.1 Å². The van der Waals surface area contributed by atoms with Crippen LogP contribution in [0.1, 0.15) is 0 Å². The molecule has 0 fully saturated rings. The zero-order valence-electron chi connectivity index (χ0n) is 15.8. The predicted octanol–water partition coefficient (Wildman–Crippen LogP) is 2.65. The second-order valence-corrected chi connectivity index (χ2v) is 15.6. The monoisotopic (exact) mass is 523 g/mol. The van der Waals surface area contributed by atoms with E-state index in [-0.39, 0.29) is 20.3 Å². The summed E-state index contributed by atoms with van der Waals surface area (Å²) in [6.07, 6.45) is 0. The van der Waals surface area contributed by atoms with Crippen LogP contribution in [0.3, 0.4) is 0 Å². The molecule has 29 heavy (non-hydrogen) atoms. The molecule has 0 spiro atoms. The fraction of sp³-hybridized carbons (Fsp3) is 0.0417. The van der Waals surface area contributed by atoms with Crippen molar-refractivity contribution in [2.75, 3.05) is 0 Å². The summed E-state index contributed by atoms with van der Waals surface area (Å²) in [7, 11) is -2.41. The minimum atomic E-state index is -2.41. The Kier molecular flexibility index (Phi) is 4.52. The Hall–Kier alpha value is -2.17. The number of benzene rings is 3. The van der Waals surface area contributed by atoms with Crippen LogP contribution in [0.25, 0.3) is 16.6 Å². The van der Waals surface area contributed by atoms with Gasteiger partial charge in [-0.3, -0.25) is 0 Å².